The molecule has 1 fully saturated rings. The molecule has 2 heterocycles. The highest BCUT2D eigenvalue weighted by Gasteiger charge is 2.26. The van der Waals surface area contributed by atoms with Gasteiger partial charge in [0.2, 0.25) is 5.91 Å². The first-order valence-electron chi connectivity index (χ1n) is 10.8. The molecule has 7 heteroatoms. The van der Waals surface area contributed by atoms with Crippen molar-refractivity contribution in [2.75, 3.05) is 26.9 Å². The number of nitrogens with one attached hydrogen (secondary N) is 1. The maximum Gasteiger partial charge on any atom is 0.355 e. The molecule has 1 aromatic heterocycles. The number of methoxy groups -OCH3 is 1. The molecule has 1 aliphatic heterocycles. The predicted octanol–water partition coefficient (Wildman–Crippen LogP) is 3.57. The third kappa shape index (κ3) is 5.67. The zero-order valence-electron chi connectivity index (χ0n) is 18.8. The second-order valence-electron chi connectivity index (χ2n) is 7.89. The van der Waals surface area contributed by atoms with Gasteiger partial charge in [0.05, 0.1) is 26.2 Å². The molecule has 1 aromatic carbocycles. The third-order valence-electron chi connectivity index (χ3n) is 5.71. The minimum Gasteiger partial charge on any atom is -0.497 e. The standard InChI is InChI=1S/C24H32N2O5/c1-5-30-24(28)23-16(2)21(17(3)25-23)15-26(14-20-10-7-11-31-20)22(27)13-18-8-6-9-19(12-18)29-4/h6,8-9,12,20,25H,5,7,10-11,13-15H2,1-4H3. The van der Waals surface area contributed by atoms with Gasteiger partial charge in [-0.05, 0) is 62.4 Å². The van der Waals surface area contributed by atoms with Crippen LogP contribution in [0.3, 0.4) is 0 Å². The summed E-state index contributed by atoms with van der Waals surface area (Å²) >= 11 is 0. The van der Waals surface area contributed by atoms with Crippen molar-refractivity contribution in [1.82, 2.24) is 9.88 Å². The molecule has 0 saturated carbocycles. The number of aromatic nitrogens is 1. The van der Waals surface area contributed by atoms with Crippen molar-refractivity contribution in [2.45, 2.75) is 52.7 Å². The van der Waals surface area contributed by atoms with Crippen LogP contribution in [0, 0.1) is 13.8 Å². The summed E-state index contributed by atoms with van der Waals surface area (Å²) in [4.78, 5) is 30.5. The number of amides is 1. The van der Waals surface area contributed by atoms with E-state index >= 15 is 0 Å². The molecule has 0 spiro atoms. The summed E-state index contributed by atoms with van der Waals surface area (Å²) in [5.74, 6) is 0.372. The van der Waals surface area contributed by atoms with Gasteiger partial charge in [0.1, 0.15) is 11.4 Å². The lowest BCUT2D eigenvalue weighted by Gasteiger charge is -2.26. The number of hydrogen-bond donors (Lipinski definition) is 1. The number of aryl methyl sites for hydroxylation is 1. The Hall–Kier alpha value is -2.80. The molecule has 1 unspecified atom stereocenters. The number of carbonyl (C=O) groups is 2. The highest BCUT2D eigenvalue weighted by atomic mass is 16.5. The minimum absolute atomic E-state index is 0.0152. The van der Waals surface area contributed by atoms with Gasteiger partial charge in [-0.2, -0.15) is 0 Å². The summed E-state index contributed by atoms with van der Waals surface area (Å²) in [6, 6.07) is 7.56. The van der Waals surface area contributed by atoms with E-state index in [1.165, 1.54) is 0 Å². The highest BCUT2D eigenvalue weighted by molar-refractivity contribution is 5.90. The average molecular weight is 429 g/mol. The number of ether oxygens (including phenoxy) is 3. The van der Waals surface area contributed by atoms with Crippen molar-refractivity contribution in [1.29, 1.82) is 0 Å². The molecular formula is C24H32N2O5. The normalized spacial score (nSPS) is 15.7. The quantitative estimate of drug-likeness (QED) is 0.618. The first-order valence-corrected chi connectivity index (χ1v) is 10.8. The highest BCUT2D eigenvalue weighted by Crippen LogP contribution is 2.23. The molecule has 3 rings (SSSR count). The Balaban J connectivity index is 1.82. The summed E-state index contributed by atoms with van der Waals surface area (Å²) < 4.78 is 16.2. The third-order valence-corrected chi connectivity index (χ3v) is 5.71. The SMILES string of the molecule is CCOC(=O)c1[nH]c(C)c(CN(CC2CCCO2)C(=O)Cc2cccc(OC)c2)c1C. The molecular weight excluding hydrogens is 396 g/mol. The topological polar surface area (TPSA) is 80.9 Å². The monoisotopic (exact) mass is 428 g/mol. The van der Waals surface area contributed by atoms with E-state index in [9.17, 15) is 9.59 Å². The van der Waals surface area contributed by atoms with Gasteiger partial charge in [0.15, 0.2) is 0 Å². The summed E-state index contributed by atoms with van der Waals surface area (Å²) in [7, 11) is 1.61. The second kappa shape index (κ2) is 10.5. The van der Waals surface area contributed by atoms with E-state index in [1.54, 1.807) is 14.0 Å². The van der Waals surface area contributed by atoms with Crippen molar-refractivity contribution in [3.63, 3.8) is 0 Å². The Morgan fingerprint density at radius 3 is 2.77 bits per heavy atom. The lowest BCUT2D eigenvalue weighted by atomic mass is 10.1. The lowest BCUT2D eigenvalue weighted by molar-refractivity contribution is -0.132. The Kier molecular flexibility index (Phi) is 7.74. The predicted molar refractivity (Wildman–Crippen MR) is 117 cm³/mol. The summed E-state index contributed by atoms with van der Waals surface area (Å²) in [5.41, 5.74) is 3.98. The van der Waals surface area contributed by atoms with E-state index < -0.39 is 0 Å². The molecule has 1 aliphatic rings. The molecule has 0 radical (unpaired) electrons. The van der Waals surface area contributed by atoms with Gasteiger partial charge in [-0.3, -0.25) is 4.79 Å². The van der Waals surface area contributed by atoms with Crippen LogP contribution >= 0.6 is 0 Å². The van der Waals surface area contributed by atoms with Crippen molar-refractivity contribution >= 4 is 11.9 Å². The summed E-state index contributed by atoms with van der Waals surface area (Å²) in [6.45, 7) is 7.58. The number of aromatic amines is 1. The smallest absolute Gasteiger partial charge is 0.355 e. The van der Waals surface area contributed by atoms with Crippen LogP contribution in [0.5, 0.6) is 5.75 Å². The van der Waals surface area contributed by atoms with E-state index in [4.69, 9.17) is 14.2 Å². The lowest BCUT2D eigenvalue weighted by Crippen LogP contribution is -2.38. The van der Waals surface area contributed by atoms with Gasteiger partial charge in [-0.25, -0.2) is 4.79 Å². The number of esters is 1. The van der Waals surface area contributed by atoms with Gasteiger partial charge in [-0.15, -0.1) is 0 Å². The molecule has 0 bridgehead atoms. The summed E-state index contributed by atoms with van der Waals surface area (Å²) in [6.07, 6.45) is 2.27. The van der Waals surface area contributed by atoms with Crippen LogP contribution in [0.15, 0.2) is 24.3 Å². The van der Waals surface area contributed by atoms with E-state index in [1.807, 2.05) is 43.0 Å². The number of hydrogen-bond acceptors (Lipinski definition) is 5. The van der Waals surface area contributed by atoms with Gasteiger partial charge >= 0.3 is 5.97 Å². The van der Waals surface area contributed by atoms with Crippen LogP contribution in [0.25, 0.3) is 0 Å². The Morgan fingerprint density at radius 1 is 1.29 bits per heavy atom. The van der Waals surface area contributed by atoms with Crippen molar-refractivity contribution in [3.8, 4) is 5.75 Å². The van der Waals surface area contributed by atoms with E-state index in [-0.39, 0.29) is 24.4 Å². The van der Waals surface area contributed by atoms with Gasteiger partial charge in [0, 0.05) is 25.4 Å². The van der Waals surface area contributed by atoms with Crippen LogP contribution in [0.4, 0.5) is 0 Å². The Labute approximate surface area is 183 Å². The second-order valence-corrected chi connectivity index (χ2v) is 7.89. The van der Waals surface area contributed by atoms with Crippen molar-refractivity contribution < 1.29 is 23.8 Å². The first kappa shape index (κ1) is 22.9. The van der Waals surface area contributed by atoms with Crippen LogP contribution < -0.4 is 4.74 Å². The molecule has 1 N–H and O–H groups in total. The zero-order valence-corrected chi connectivity index (χ0v) is 18.8. The fraction of sp³-hybridized carbons (Fsp3) is 0.500. The number of rotatable bonds is 9. The van der Waals surface area contributed by atoms with Crippen LogP contribution in [-0.4, -0.2) is 54.7 Å². The molecule has 1 amide bonds. The van der Waals surface area contributed by atoms with Crippen LogP contribution in [-0.2, 0) is 27.2 Å². The number of benzene rings is 1. The maximum atomic E-state index is 13.3. The fourth-order valence-corrected chi connectivity index (χ4v) is 3.98. The number of H-pyrrole nitrogens is 1. The van der Waals surface area contributed by atoms with Gasteiger partial charge < -0.3 is 24.1 Å². The Morgan fingerprint density at radius 2 is 2.10 bits per heavy atom. The van der Waals surface area contributed by atoms with E-state index in [2.05, 4.69) is 4.98 Å². The molecule has 7 nitrogen and oxygen atoms in total. The minimum atomic E-state index is -0.372. The van der Waals surface area contributed by atoms with Gasteiger partial charge in [0.25, 0.3) is 0 Å². The van der Waals surface area contributed by atoms with Crippen LogP contribution in [0.2, 0.25) is 0 Å². The number of nitrogens with zero attached hydrogens (tertiary/aromatic N) is 1. The van der Waals surface area contributed by atoms with Gasteiger partial charge in [-0.1, -0.05) is 12.1 Å². The van der Waals surface area contributed by atoms with Crippen LogP contribution in [0.1, 0.15) is 52.6 Å². The molecule has 0 aliphatic carbocycles. The molecule has 2 aromatic rings. The van der Waals surface area contributed by atoms with E-state index in [0.717, 1.165) is 47.6 Å². The largest absolute Gasteiger partial charge is 0.497 e. The van der Waals surface area contributed by atoms with E-state index in [0.29, 0.717) is 25.4 Å². The Bertz CT molecular complexity index is 915. The number of carbonyl (C=O) groups excluding carboxylic acids is 2. The first-order chi connectivity index (χ1) is 14.9. The molecule has 1 atom stereocenters. The maximum absolute atomic E-state index is 13.3. The fourth-order valence-electron chi connectivity index (χ4n) is 3.98. The van der Waals surface area contributed by atoms with Crippen molar-refractivity contribution in [2.24, 2.45) is 0 Å². The molecule has 168 valence electrons. The van der Waals surface area contributed by atoms with Crippen molar-refractivity contribution in [3.05, 3.63) is 52.3 Å². The molecule has 1 saturated heterocycles. The average Bonchev–Trinajstić information content (AvgIpc) is 3.36. The zero-order chi connectivity index (χ0) is 22.4. The molecule has 31 heavy (non-hydrogen) atoms. The summed E-state index contributed by atoms with van der Waals surface area (Å²) in [5, 5.41) is 0.